The van der Waals surface area contributed by atoms with Crippen molar-refractivity contribution >= 4 is 11.9 Å². The van der Waals surface area contributed by atoms with Crippen LogP contribution in [0.4, 0.5) is 0 Å². The van der Waals surface area contributed by atoms with Gasteiger partial charge in [0.05, 0.1) is 26.4 Å². The summed E-state index contributed by atoms with van der Waals surface area (Å²) >= 11 is 0. The van der Waals surface area contributed by atoms with Crippen molar-refractivity contribution < 1.29 is 33.3 Å². The molecular weight excluding hydrogens is 280 g/mol. The molecule has 0 saturated carbocycles. The highest BCUT2D eigenvalue weighted by Gasteiger charge is 2.03. The van der Waals surface area contributed by atoms with Crippen molar-refractivity contribution in [2.24, 2.45) is 0 Å². The molecule has 7 heteroatoms. The third kappa shape index (κ3) is 13.1. The van der Waals surface area contributed by atoms with Crippen LogP contribution >= 0.6 is 0 Å². The largest absolute Gasteiger partial charge is 0.460 e. The van der Waals surface area contributed by atoms with Gasteiger partial charge >= 0.3 is 11.9 Å². The number of carbonyl (C=O) groups excluding carboxylic acids is 2. The van der Waals surface area contributed by atoms with Gasteiger partial charge in [0, 0.05) is 12.2 Å². The lowest BCUT2D eigenvalue weighted by Crippen LogP contribution is -2.20. The first-order valence-electron chi connectivity index (χ1n) is 6.49. The molecule has 0 bridgehead atoms. The molecule has 0 radical (unpaired) electrons. The average molecular weight is 302 g/mol. The lowest BCUT2D eigenvalue weighted by Gasteiger charge is -2.14. The molecule has 120 valence electrons. The summed E-state index contributed by atoms with van der Waals surface area (Å²) in [6, 6.07) is 0. The van der Waals surface area contributed by atoms with E-state index < -0.39 is 18.2 Å². The van der Waals surface area contributed by atoms with Crippen molar-refractivity contribution in [1.29, 1.82) is 0 Å². The predicted octanol–water partition coefficient (Wildman–Crippen LogP) is 0.841. The molecule has 0 aliphatic rings. The molecule has 0 aromatic heterocycles. The van der Waals surface area contributed by atoms with E-state index in [-0.39, 0.29) is 26.4 Å². The summed E-state index contributed by atoms with van der Waals surface area (Å²) in [6.45, 7) is 9.79. The minimum absolute atomic E-state index is 0.143. The fourth-order valence-electron chi connectivity index (χ4n) is 1.10. The third-order valence-electron chi connectivity index (χ3n) is 2.07. The molecule has 0 aliphatic heterocycles. The van der Waals surface area contributed by atoms with E-state index in [1.165, 1.54) is 0 Å². The molecule has 0 fully saturated rings. The summed E-state index contributed by atoms with van der Waals surface area (Å²) in [7, 11) is 0. The van der Waals surface area contributed by atoms with Gasteiger partial charge in [-0.3, -0.25) is 0 Å². The van der Waals surface area contributed by atoms with Crippen LogP contribution in [0.25, 0.3) is 0 Å². The maximum Gasteiger partial charge on any atom is 0.330 e. The summed E-state index contributed by atoms with van der Waals surface area (Å²) < 4.78 is 25.2. The minimum Gasteiger partial charge on any atom is -0.460 e. The number of hydrogen-bond donors (Lipinski definition) is 0. The van der Waals surface area contributed by atoms with Crippen LogP contribution in [0.2, 0.25) is 0 Å². The Morgan fingerprint density at radius 2 is 1.29 bits per heavy atom. The van der Waals surface area contributed by atoms with Gasteiger partial charge in [-0.05, 0) is 6.92 Å². The van der Waals surface area contributed by atoms with Crippen LogP contribution < -0.4 is 0 Å². The highest BCUT2D eigenvalue weighted by atomic mass is 16.7. The molecule has 0 N–H and O–H groups in total. The average Bonchev–Trinajstić information content (AvgIpc) is 2.49. The Morgan fingerprint density at radius 3 is 1.81 bits per heavy atom. The summed E-state index contributed by atoms with van der Waals surface area (Å²) in [5.41, 5.74) is 0. The lowest BCUT2D eigenvalue weighted by atomic mass is 10.6. The van der Waals surface area contributed by atoms with Gasteiger partial charge in [0.25, 0.3) is 0 Å². The highest BCUT2D eigenvalue weighted by molar-refractivity contribution is 5.81. The van der Waals surface area contributed by atoms with E-state index >= 15 is 0 Å². The second-order valence-electron chi connectivity index (χ2n) is 3.66. The highest BCUT2D eigenvalue weighted by Crippen LogP contribution is 1.94. The van der Waals surface area contributed by atoms with Gasteiger partial charge in [-0.25, -0.2) is 9.59 Å². The zero-order valence-corrected chi connectivity index (χ0v) is 12.2. The fraction of sp³-hybridized carbons (Fsp3) is 0.571. The zero-order valence-electron chi connectivity index (χ0n) is 12.2. The maximum atomic E-state index is 10.7. The van der Waals surface area contributed by atoms with E-state index in [1.54, 1.807) is 6.92 Å². The Hall–Kier alpha value is -1.70. The van der Waals surface area contributed by atoms with Crippen LogP contribution in [0.15, 0.2) is 25.3 Å². The molecule has 0 aromatic rings. The molecule has 0 rings (SSSR count). The van der Waals surface area contributed by atoms with Gasteiger partial charge in [-0.2, -0.15) is 0 Å². The Morgan fingerprint density at radius 1 is 0.857 bits per heavy atom. The number of ether oxygens (including phenoxy) is 5. The normalized spacial score (nSPS) is 11.5. The smallest absolute Gasteiger partial charge is 0.330 e. The second kappa shape index (κ2) is 13.3. The zero-order chi connectivity index (χ0) is 15.9. The number of hydrogen-bond acceptors (Lipinski definition) is 7. The van der Waals surface area contributed by atoms with Crippen LogP contribution in [0.1, 0.15) is 6.92 Å². The monoisotopic (exact) mass is 302 g/mol. The molecule has 1 unspecified atom stereocenters. The van der Waals surface area contributed by atoms with Crippen LogP contribution in [0.5, 0.6) is 0 Å². The Bertz CT molecular complexity index is 327. The summed E-state index contributed by atoms with van der Waals surface area (Å²) in [4.78, 5) is 21.4. The summed E-state index contributed by atoms with van der Waals surface area (Å²) in [6.07, 6.45) is 1.74. The number of carbonyl (C=O) groups is 2. The van der Waals surface area contributed by atoms with Crippen molar-refractivity contribution in [2.75, 3.05) is 39.6 Å². The van der Waals surface area contributed by atoms with Crippen LogP contribution in [0, 0.1) is 0 Å². The molecule has 0 spiro atoms. The summed E-state index contributed by atoms with van der Waals surface area (Å²) in [5.74, 6) is -0.966. The van der Waals surface area contributed by atoms with Crippen molar-refractivity contribution in [2.45, 2.75) is 13.2 Å². The van der Waals surface area contributed by atoms with Gasteiger partial charge in [0.1, 0.15) is 13.2 Å². The molecular formula is C14H22O7. The van der Waals surface area contributed by atoms with Crippen LogP contribution in [0.3, 0.4) is 0 Å². The van der Waals surface area contributed by atoms with E-state index in [0.29, 0.717) is 13.2 Å². The van der Waals surface area contributed by atoms with E-state index in [1.807, 2.05) is 0 Å². The van der Waals surface area contributed by atoms with Crippen molar-refractivity contribution in [3.8, 4) is 0 Å². The Balaban J connectivity index is 3.31. The molecule has 0 aromatic carbocycles. The van der Waals surface area contributed by atoms with Gasteiger partial charge < -0.3 is 23.7 Å². The minimum atomic E-state index is -0.488. The van der Waals surface area contributed by atoms with Gasteiger partial charge in [0.2, 0.25) is 0 Å². The van der Waals surface area contributed by atoms with Crippen molar-refractivity contribution in [1.82, 2.24) is 0 Å². The quantitative estimate of drug-likeness (QED) is 0.216. The van der Waals surface area contributed by atoms with Gasteiger partial charge in [-0.1, -0.05) is 13.2 Å². The molecule has 0 heterocycles. The number of rotatable bonds is 13. The Kier molecular flexibility index (Phi) is 12.2. The topological polar surface area (TPSA) is 80.3 Å². The molecule has 7 nitrogen and oxygen atoms in total. The summed E-state index contributed by atoms with van der Waals surface area (Å²) in [5, 5.41) is 0. The first-order valence-corrected chi connectivity index (χ1v) is 6.49. The second-order valence-corrected chi connectivity index (χ2v) is 3.66. The van der Waals surface area contributed by atoms with Crippen LogP contribution in [-0.4, -0.2) is 57.9 Å². The molecule has 0 amide bonds. The fourth-order valence-corrected chi connectivity index (χ4v) is 1.10. The van der Waals surface area contributed by atoms with E-state index in [0.717, 1.165) is 12.2 Å². The third-order valence-corrected chi connectivity index (χ3v) is 2.07. The molecule has 21 heavy (non-hydrogen) atoms. The standard InChI is InChI=1S/C14H22O7/c1-4-13(15)20-9-7-17-6-8-18-12(3)19-10-11-21-14(16)5-2/h4-5,12H,1-2,6-11H2,3H3. The molecule has 0 aliphatic carbocycles. The van der Waals surface area contributed by atoms with E-state index in [2.05, 4.69) is 13.2 Å². The Labute approximate surface area is 124 Å². The predicted molar refractivity (Wildman–Crippen MR) is 74.5 cm³/mol. The van der Waals surface area contributed by atoms with Crippen molar-refractivity contribution in [3.63, 3.8) is 0 Å². The lowest BCUT2D eigenvalue weighted by molar-refractivity contribution is -0.157. The van der Waals surface area contributed by atoms with E-state index in [9.17, 15) is 9.59 Å². The van der Waals surface area contributed by atoms with Crippen molar-refractivity contribution in [3.05, 3.63) is 25.3 Å². The number of esters is 2. The molecule has 0 saturated heterocycles. The first kappa shape index (κ1) is 19.3. The molecule has 1 atom stereocenters. The SMILES string of the molecule is C=CC(=O)OCCOCCOC(C)OCCOC(=O)C=C. The van der Waals surface area contributed by atoms with Crippen LogP contribution in [-0.2, 0) is 33.3 Å². The van der Waals surface area contributed by atoms with Gasteiger partial charge in [0.15, 0.2) is 6.29 Å². The first-order chi connectivity index (χ1) is 10.1. The van der Waals surface area contributed by atoms with Gasteiger partial charge in [-0.15, -0.1) is 0 Å². The maximum absolute atomic E-state index is 10.7. The van der Waals surface area contributed by atoms with E-state index in [4.69, 9.17) is 23.7 Å².